The molecule has 1 aliphatic rings. The van der Waals surface area contributed by atoms with Crippen LogP contribution in [0.1, 0.15) is 36.1 Å². The summed E-state index contributed by atoms with van der Waals surface area (Å²) in [6.07, 6.45) is -0.118. The number of carbonyl (C=O) groups is 1. The number of benzene rings is 4. The number of anilines is 1. The zero-order valence-corrected chi connectivity index (χ0v) is 19.8. The van der Waals surface area contributed by atoms with Crippen LogP contribution in [0.4, 0.5) is 14.5 Å². The number of aromatic hydroxyl groups is 2. The fraction of sp³-hybridized carbons (Fsp3) is 0.167. The van der Waals surface area contributed by atoms with Crippen molar-refractivity contribution in [3.05, 3.63) is 114 Å². The van der Waals surface area contributed by atoms with Crippen molar-refractivity contribution in [3.8, 4) is 22.6 Å². The van der Waals surface area contributed by atoms with Crippen LogP contribution in [-0.2, 0) is 4.79 Å². The first-order chi connectivity index (χ1) is 17.8. The number of rotatable bonds is 7. The van der Waals surface area contributed by atoms with Crippen molar-refractivity contribution in [3.63, 3.8) is 0 Å². The van der Waals surface area contributed by atoms with E-state index < -0.39 is 17.8 Å². The van der Waals surface area contributed by atoms with Crippen LogP contribution in [0.25, 0.3) is 11.1 Å². The summed E-state index contributed by atoms with van der Waals surface area (Å²) < 4.78 is 26.8. The van der Waals surface area contributed by atoms with E-state index in [0.717, 1.165) is 11.1 Å². The van der Waals surface area contributed by atoms with Gasteiger partial charge < -0.3 is 20.2 Å². The summed E-state index contributed by atoms with van der Waals surface area (Å²) in [7, 11) is 0. The van der Waals surface area contributed by atoms with Crippen molar-refractivity contribution < 1.29 is 28.9 Å². The van der Waals surface area contributed by atoms with Gasteiger partial charge in [-0.2, -0.15) is 0 Å². The van der Waals surface area contributed by atoms with Crippen LogP contribution in [0.15, 0.2) is 91.0 Å². The van der Waals surface area contributed by atoms with Gasteiger partial charge in [0.1, 0.15) is 23.1 Å². The van der Waals surface area contributed by atoms with Crippen LogP contribution < -0.4 is 4.90 Å². The van der Waals surface area contributed by atoms with E-state index in [1.807, 2.05) is 24.3 Å². The second-order valence-electron chi connectivity index (χ2n) is 9.24. The second-order valence-corrected chi connectivity index (χ2v) is 9.24. The van der Waals surface area contributed by atoms with Crippen molar-refractivity contribution >= 4 is 11.6 Å². The summed E-state index contributed by atoms with van der Waals surface area (Å²) in [6.45, 7) is 0. The number of amides is 1. The quantitative estimate of drug-likeness (QED) is 0.261. The molecule has 0 radical (unpaired) electrons. The maximum atomic E-state index is 13.5. The van der Waals surface area contributed by atoms with E-state index >= 15 is 0 Å². The fourth-order valence-electron chi connectivity index (χ4n) is 4.92. The van der Waals surface area contributed by atoms with Crippen LogP contribution in [0.5, 0.6) is 11.5 Å². The highest BCUT2D eigenvalue weighted by Crippen LogP contribution is 2.46. The van der Waals surface area contributed by atoms with Crippen molar-refractivity contribution in [1.29, 1.82) is 0 Å². The Morgan fingerprint density at radius 3 is 1.92 bits per heavy atom. The minimum absolute atomic E-state index is 0.0501. The monoisotopic (exact) mass is 501 g/mol. The van der Waals surface area contributed by atoms with Crippen LogP contribution in [-0.4, -0.2) is 21.2 Å². The SMILES string of the molecule is O=C1[C@H](CC[C@H](O)c2ccc(F)cc2)[C@@H](c2ccc(-c3cc(O)cc(O)c3)cc2)N1c1ccc(F)cc1. The summed E-state index contributed by atoms with van der Waals surface area (Å²) in [6, 6.07) is 22.9. The number of hydrogen-bond donors (Lipinski definition) is 3. The maximum absolute atomic E-state index is 13.5. The minimum atomic E-state index is -0.838. The molecule has 5 nitrogen and oxygen atoms in total. The molecule has 3 atom stereocenters. The van der Waals surface area contributed by atoms with Crippen molar-refractivity contribution in [1.82, 2.24) is 0 Å². The fourth-order valence-corrected chi connectivity index (χ4v) is 4.92. The van der Waals surface area contributed by atoms with E-state index in [2.05, 4.69) is 0 Å². The molecule has 7 heteroatoms. The second kappa shape index (κ2) is 10.0. The number of β-lactam (4-membered cyclic amide) rings is 1. The van der Waals surface area contributed by atoms with E-state index in [1.165, 1.54) is 42.5 Å². The third kappa shape index (κ3) is 5.04. The Hall–Kier alpha value is -4.23. The van der Waals surface area contributed by atoms with Crippen LogP contribution in [0.2, 0.25) is 0 Å². The van der Waals surface area contributed by atoms with E-state index in [4.69, 9.17) is 0 Å². The van der Waals surface area contributed by atoms with Crippen molar-refractivity contribution in [2.24, 2.45) is 5.92 Å². The zero-order chi connectivity index (χ0) is 26.1. The van der Waals surface area contributed by atoms with E-state index in [-0.39, 0.29) is 29.3 Å². The van der Waals surface area contributed by atoms with Crippen molar-refractivity contribution in [2.45, 2.75) is 25.0 Å². The molecule has 3 N–H and O–H groups in total. The van der Waals surface area contributed by atoms with Gasteiger partial charge in [0.2, 0.25) is 5.91 Å². The number of phenolic OH excluding ortho intramolecular Hbond substituents is 2. The molecule has 1 aliphatic heterocycles. The van der Waals surface area contributed by atoms with Gasteiger partial charge in [0.25, 0.3) is 0 Å². The van der Waals surface area contributed by atoms with E-state index in [9.17, 15) is 28.9 Å². The minimum Gasteiger partial charge on any atom is -0.508 e. The van der Waals surface area contributed by atoms with Gasteiger partial charge in [0.05, 0.1) is 18.1 Å². The lowest BCUT2D eigenvalue weighted by Crippen LogP contribution is -2.55. The van der Waals surface area contributed by atoms with Crippen LogP contribution in [0.3, 0.4) is 0 Å². The third-order valence-electron chi connectivity index (χ3n) is 6.81. The highest BCUT2D eigenvalue weighted by Gasteiger charge is 2.48. The Kier molecular flexibility index (Phi) is 6.63. The Balaban J connectivity index is 1.41. The number of aliphatic hydroxyl groups excluding tert-OH is 1. The smallest absolute Gasteiger partial charge is 0.233 e. The molecular weight excluding hydrogens is 476 g/mol. The molecule has 0 spiro atoms. The van der Waals surface area contributed by atoms with Gasteiger partial charge in [0.15, 0.2) is 0 Å². The molecule has 1 amide bonds. The molecule has 0 unspecified atom stereocenters. The summed E-state index contributed by atoms with van der Waals surface area (Å²) >= 11 is 0. The lowest BCUT2D eigenvalue weighted by atomic mass is 9.78. The average molecular weight is 502 g/mol. The number of aliphatic hydroxyl groups is 1. The Morgan fingerprint density at radius 1 is 0.757 bits per heavy atom. The maximum Gasteiger partial charge on any atom is 0.233 e. The van der Waals surface area contributed by atoms with E-state index in [1.54, 1.807) is 29.2 Å². The molecule has 0 aliphatic carbocycles. The predicted octanol–water partition coefficient (Wildman–Crippen LogP) is 6.26. The van der Waals surface area contributed by atoms with Gasteiger partial charge in [-0.3, -0.25) is 4.79 Å². The van der Waals surface area contributed by atoms with Gasteiger partial charge in [-0.15, -0.1) is 0 Å². The molecular formula is C30H25F2NO4. The number of hydrogen-bond acceptors (Lipinski definition) is 4. The molecule has 188 valence electrons. The van der Waals surface area contributed by atoms with Gasteiger partial charge >= 0.3 is 0 Å². The lowest BCUT2D eigenvalue weighted by Gasteiger charge is -2.48. The average Bonchev–Trinajstić information content (AvgIpc) is 2.88. The Labute approximate surface area is 212 Å². The predicted molar refractivity (Wildman–Crippen MR) is 136 cm³/mol. The first-order valence-corrected chi connectivity index (χ1v) is 12.0. The van der Waals surface area contributed by atoms with Crippen LogP contribution in [0, 0.1) is 17.6 Å². The van der Waals surface area contributed by atoms with Gasteiger partial charge in [0, 0.05) is 11.8 Å². The normalized spacial score (nSPS) is 17.9. The van der Waals surface area contributed by atoms with Crippen LogP contribution >= 0.6 is 0 Å². The molecule has 0 saturated carbocycles. The van der Waals surface area contributed by atoms with Crippen molar-refractivity contribution in [2.75, 3.05) is 4.90 Å². The standard InChI is InChI=1S/C30H25F2NO4/c31-22-7-5-19(6-8-22)28(36)14-13-27-29(33(30(27)37)24-11-9-23(32)10-12-24)20-3-1-18(2-4-20)21-15-25(34)17-26(35)16-21/h1-12,15-17,27-29,34-36H,13-14H2/t27-,28+,29-/m1/s1. The number of halogens is 2. The third-order valence-corrected chi connectivity index (χ3v) is 6.81. The molecule has 4 aromatic rings. The molecule has 5 rings (SSSR count). The number of carbonyl (C=O) groups excluding carboxylic acids is 1. The summed E-state index contributed by atoms with van der Waals surface area (Å²) in [5, 5.41) is 30.3. The molecule has 0 bridgehead atoms. The Morgan fingerprint density at radius 2 is 1.32 bits per heavy atom. The zero-order valence-electron chi connectivity index (χ0n) is 19.8. The molecule has 1 heterocycles. The summed E-state index contributed by atoms with van der Waals surface area (Å²) in [4.78, 5) is 14.9. The molecule has 0 aromatic heterocycles. The number of nitrogens with zero attached hydrogens (tertiary/aromatic N) is 1. The molecule has 1 fully saturated rings. The largest absolute Gasteiger partial charge is 0.508 e. The summed E-state index contributed by atoms with van der Waals surface area (Å²) in [5.74, 6) is -1.41. The molecule has 37 heavy (non-hydrogen) atoms. The highest BCUT2D eigenvalue weighted by atomic mass is 19.1. The first-order valence-electron chi connectivity index (χ1n) is 12.0. The molecule has 1 saturated heterocycles. The Bertz CT molecular complexity index is 1390. The first kappa shape index (κ1) is 24.5. The lowest BCUT2D eigenvalue weighted by molar-refractivity contribution is -0.131. The van der Waals surface area contributed by atoms with Gasteiger partial charge in [-0.1, -0.05) is 36.4 Å². The molecule has 4 aromatic carbocycles. The highest BCUT2D eigenvalue weighted by molar-refractivity contribution is 6.03. The topological polar surface area (TPSA) is 81.0 Å². The summed E-state index contributed by atoms with van der Waals surface area (Å²) in [5.41, 5.74) is 3.44. The van der Waals surface area contributed by atoms with E-state index in [0.29, 0.717) is 29.7 Å². The van der Waals surface area contributed by atoms with Gasteiger partial charge in [-0.05, 0) is 83.6 Å². The number of phenols is 2. The van der Waals surface area contributed by atoms with Gasteiger partial charge in [-0.25, -0.2) is 8.78 Å².